The van der Waals surface area contributed by atoms with Crippen molar-refractivity contribution in [1.29, 1.82) is 0 Å². The van der Waals surface area contributed by atoms with Crippen molar-refractivity contribution in [2.24, 2.45) is 91.3 Å². The van der Waals surface area contributed by atoms with Gasteiger partial charge < -0.3 is 59.8 Å². The molecule has 12 aromatic rings. The highest BCUT2D eigenvalue weighted by molar-refractivity contribution is 6.54. The minimum atomic E-state index is -0.990. The summed E-state index contributed by atoms with van der Waals surface area (Å²) in [7, 11) is 10.2. The van der Waals surface area contributed by atoms with Crippen molar-refractivity contribution in [3.63, 3.8) is 0 Å². The van der Waals surface area contributed by atoms with Gasteiger partial charge in [0.15, 0.2) is 28.3 Å². The van der Waals surface area contributed by atoms with Gasteiger partial charge in [0.2, 0.25) is 0 Å². The summed E-state index contributed by atoms with van der Waals surface area (Å²) in [5.41, 5.74) is 20.8. The van der Waals surface area contributed by atoms with E-state index in [0.29, 0.717) is 54.0 Å². The number of hydrogen-bond acceptors (Lipinski definition) is 20. The molecule has 150 heavy (non-hydrogen) atoms. The highest BCUT2D eigenvalue weighted by Gasteiger charge is 2.54. The average Bonchev–Trinajstić information content (AvgIpc) is 1.62. The zero-order valence-electron chi connectivity index (χ0n) is 93.9. The van der Waals surface area contributed by atoms with E-state index in [-0.39, 0.29) is 140 Å². The number of nitrogens with one attached hydrogen (secondary N) is 3. The maximum Gasteiger partial charge on any atom is 0.490 e. The fraction of sp³-hybridized carbons (Fsp3) is 0.526. The van der Waals surface area contributed by atoms with Crippen LogP contribution in [-0.2, 0) is 100 Å². The number of imidazole rings is 6. The predicted molar refractivity (Wildman–Crippen MR) is 595 cm³/mol. The molecule has 2 aromatic carbocycles. The zero-order valence-corrected chi connectivity index (χ0v) is 94.7. The van der Waals surface area contributed by atoms with E-state index in [1.165, 1.54) is 22.7 Å². The number of aliphatic hydroxyl groups is 1. The third-order valence-electron chi connectivity index (χ3n) is 28.2. The van der Waals surface area contributed by atoms with Gasteiger partial charge >= 0.3 is 48.0 Å². The Labute approximate surface area is 886 Å². The maximum atomic E-state index is 12.9. The summed E-state index contributed by atoms with van der Waals surface area (Å²) >= 11 is 5.85. The van der Waals surface area contributed by atoms with Crippen molar-refractivity contribution >= 4 is 104 Å². The molecule has 0 saturated carbocycles. The minimum Gasteiger partial charge on any atom is -0.476 e. The molecule has 810 valence electrons. The van der Waals surface area contributed by atoms with Crippen molar-refractivity contribution < 1.29 is 48.2 Å². The molecular formula is C114H160BClN20O14. The molecule has 10 aromatic heterocycles. The molecule has 34 nitrogen and oxygen atoms in total. The van der Waals surface area contributed by atoms with Gasteiger partial charge in [-0.15, -0.1) is 0 Å². The molecule has 0 radical (unpaired) electrons. The second-order valence-electron chi connectivity index (χ2n) is 48.7. The molecule has 1 saturated heterocycles. The van der Waals surface area contributed by atoms with E-state index in [2.05, 4.69) is 221 Å². The van der Waals surface area contributed by atoms with Crippen LogP contribution in [0.5, 0.6) is 0 Å². The number of aromatic nitrogens is 16. The number of amides is 3. The molecule has 5 aliphatic rings. The Morgan fingerprint density at radius 3 is 1.06 bits per heavy atom. The smallest absolute Gasteiger partial charge is 0.476 e. The normalized spacial score (nSPS) is 18.4. The van der Waals surface area contributed by atoms with Gasteiger partial charge in [-0.2, -0.15) is 0 Å². The molecule has 11 heterocycles. The van der Waals surface area contributed by atoms with Crippen LogP contribution in [0, 0.1) is 43.3 Å². The number of fused-ring (bicyclic) bond motifs is 4. The third-order valence-corrected chi connectivity index (χ3v) is 28.4. The van der Waals surface area contributed by atoms with Crippen LogP contribution >= 0.6 is 11.6 Å². The first kappa shape index (κ1) is 117. The molecule has 36 heteroatoms. The minimum absolute atomic E-state index is 0.00923. The number of rotatable bonds is 17. The van der Waals surface area contributed by atoms with Gasteiger partial charge in [-0.3, -0.25) is 41.3 Å². The first-order chi connectivity index (χ1) is 69.7. The molecule has 1 aliphatic heterocycles. The number of carbonyl (C=O) groups is 4. The molecule has 4 atom stereocenters. The summed E-state index contributed by atoms with van der Waals surface area (Å²) in [6.45, 7) is 56.0. The molecule has 7 N–H and O–H groups in total. The van der Waals surface area contributed by atoms with E-state index in [0.717, 1.165) is 124 Å². The van der Waals surface area contributed by atoms with Crippen LogP contribution in [0.2, 0.25) is 5.15 Å². The number of aryl methyl sites for hydroxylation is 6. The molecule has 17 rings (SSSR count). The first-order valence-corrected chi connectivity index (χ1v) is 52.0. The Kier molecular flexibility index (Phi) is 36.8. The second kappa shape index (κ2) is 47.0. The fourth-order valence-electron chi connectivity index (χ4n) is 18.2. The van der Waals surface area contributed by atoms with E-state index in [1.807, 2.05) is 115 Å². The topological polar surface area (TPSA) is 403 Å². The SMILES string of the molecule is CC1(C)CCC(B2OC(C)(C)C(C)(C)O2)=CC1NC(=O)OCc1ccccc1.CCO.Cn1c(=O)n(CC(C)(C)C)c2ccc(C3=CC(N)C(C)(C)CC3)nc21.Cn1c(=O)n(CC(C)(C)C)c2ccc(C3=CC(NC(=O)OCc4ccccc4)C(C)(C)CC3)nc21.Cn1c(=O)n(CC(C)(C)C)c2ccc(Cl)nc21.Cn1cnc(C(=O)NC2C=C(c3ccc4c(n3)n(C)c(=O)n4CC(C)(C)C)CCC2(C)C)c1.Cn1cnc(C(=O)O)c1. The largest absolute Gasteiger partial charge is 0.490 e. The molecule has 4 unspecified atom stereocenters. The summed E-state index contributed by atoms with van der Waals surface area (Å²) in [5.74, 6) is -1.17. The van der Waals surface area contributed by atoms with E-state index >= 15 is 0 Å². The quantitative estimate of drug-likeness (QED) is 0.0364. The van der Waals surface area contributed by atoms with Crippen molar-refractivity contribution in [3.05, 3.63) is 251 Å². The lowest BCUT2D eigenvalue weighted by atomic mass is 9.65. The average molecular weight is 2080 g/mol. The molecular weight excluding hydrogens is 1920 g/mol. The van der Waals surface area contributed by atoms with Gasteiger partial charge in [0.25, 0.3) is 5.91 Å². The number of carbonyl (C=O) groups excluding carboxylic acids is 3. The van der Waals surface area contributed by atoms with Gasteiger partial charge in [-0.1, -0.05) is 235 Å². The number of aliphatic hydroxyl groups excluding tert-OH is 1. The predicted octanol–water partition coefficient (Wildman–Crippen LogP) is 19.3. The molecule has 0 spiro atoms. The first-order valence-electron chi connectivity index (χ1n) is 51.6. The second-order valence-corrected chi connectivity index (χ2v) is 49.1. The van der Waals surface area contributed by atoms with Gasteiger partial charge in [-0.25, -0.2) is 63.5 Å². The van der Waals surface area contributed by atoms with Crippen LogP contribution < -0.4 is 44.4 Å². The Morgan fingerprint density at radius 2 is 0.740 bits per heavy atom. The highest BCUT2D eigenvalue weighted by atomic mass is 35.5. The molecule has 4 aliphatic carbocycles. The van der Waals surface area contributed by atoms with E-state index in [1.54, 1.807) is 97.3 Å². The number of carboxylic acid groups (broad SMARTS) is 1. The maximum absolute atomic E-state index is 12.9. The summed E-state index contributed by atoms with van der Waals surface area (Å²) in [6.07, 6.45) is 21.2. The van der Waals surface area contributed by atoms with Crippen LogP contribution in [0.3, 0.4) is 0 Å². The van der Waals surface area contributed by atoms with E-state index in [4.69, 9.17) is 61.3 Å². The number of nitrogens with zero attached hydrogens (tertiary/aromatic N) is 16. The Balaban J connectivity index is 0.000000175. The van der Waals surface area contributed by atoms with Crippen molar-refractivity contribution in [2.75, 3.05) is 6.61 Å². The lowest BCUT2D eigenvalue weighted by molar-refractivity contribution is 0.00578. The van der Waals surface area contributed by atoms with Crippen molar-refractivity contribution in [2.45, 2.75) is 299 Å². The van der Waals surface area contributed by atoms with E-state index < -0.39 is 18.2 Å². The van der Waals surface area contributed by atoms with Gasteiger partial charge in [0.05, 0.1) is 81.1 Å². The highest BCUT2D eigenvalue weighted by Crippen LogP contribution is 2.46. The van der Waals surface area contributed by atoms with E-state index in [9.17, 15) is 38.4 Å². The van der Waals surface area contributed by atoms with Crippen molar-refractivity contribution in [3.8, 4) is 0 Å². The third kappa shape index (κ3) is 29.7. The molecule has 0 bridgehead atoms. The summed E-state index contributed by atoms with van der Waals surface area (Å²) in [5, 5.41) is 25.5. The van der Waals surface area contributed by atoms with Gasteiger partial charge in [-0.05, 0) is 211 Å². The number of aromatic carboxylic acids is 1. The molecule has 1 fully saturated rings. The number of hydrogen-bond donors (Lipinski definition) is 6. The number of benzene rings is 2. The summed E-state index contributed by atoms with van der Waals surface area (Å²) in [6, 6.07) is 34.4. The lowest BCUT2D eigenvalue weighted by Gasteiger charge is -2.37. The Morgan fingerprint density at radius 1 is 0.433 bits per heavy atom. The van der Waals surface area contributed by atoms with Crippen molar-refractivity contribution in [1.82, 2.24) is 91.5 Å². The number of nitrogens with two attached hydrogens (primary N) is 1. The Bertz CT molecular complexity index is 7200. The number of alkyl carbamates (subject to hydrolysis) is 2. The monoisotopic (exact) mass is 2080 g/mol. The number of halogens is 1. The number of ether oxygens (including phenoxy) is 2. The number of pyridine rings is 4. The standard InChI is InChI=1S/C28H36N4O3.C25H34N6O2.C22H32BNO4.C20H30N4O.C12H16ClN3O.C5H6N2O2.C2H6O/c1-27(2,3)18-32-22-13-12-21(29-24(22)31(6)26(32)34)20-14-15-28(4,5)23(16-20)30-25(33)35-17-19-10-8-7-9-11-19;1-24(2,3)14-31-19-9-8-17(27-21(19)30(7)23(31)33)16-10-11-25(4,5)20(12-16)28-22(32)18-13-29(6)15-26-18;1-20(2)13-12-17(23-27-21(3,4)22(5,6)28-23)14-18(20)24-19(25)26-15-16-10-8-7-9-11-16;1-19(2,3)12-24-15-8-7-14(22-17(15)23(6)18(24)25)13-9-10-20(4,5)16(21)11-13;1-12(2,3)7-16-8-5-6-9(13)14-10(8)15(4)11(16)17;1-7-2-4(5(8)9)6-3-7;1-2-3/h7-13,16,23H,14-15,17-18H2,1-6H3,(H,30,33);8-9,12-13,15,20H,10-11,14H2,1-7H3,(H,28,32);7-11,14,18H,12-13,15H2,1-6H3,(H,24,25);7-8,11,16H,9-10,12,21H2,1-6H3;5-6H,7H2,1-4H3;2-3H,1H3,(H,8,9);3H,2H2,1H3. The summed E-state index contributed by atoms with van der Waals surface area (Å²) in [4.78, 5) is 125. The fourth-order valence-corrected chi connectivity index (χ4v) is 18.4. The zero-order chi connectivity index (χ0) is 111. The van der Waals surface area contributed by atoms with Crippen LogP contribution in [0.25, 0.3) is 61.4 Å². The summed E-state index contributed by atoms with van der Waals surface area (Å²) < 4.78 is 40.2. The molecule has 3 amide bonds. The van der Waals surface area contributed by atoms with Crippen LogP contribution in [0.4, 0.5) is 9.59 Å². The van der Waals surface area contributed by atoms with Crippen LogP contribution in [-0.4, -0.2) is 159 Å². The van der Waals surface area contributed by atoms with Crippen LogP contribution in [0.15, 0.2) is 183 Å². The lowest BCUT2D eigenvalue weighted by Crippen LogP contribution is -2.47. The Hall–Kier alpha value is -12.8. The van der Waals surface area contributed by atoms with Crippen LogP contribution in [0.1, 0.15) is 274 Å². The van der Waals surface area contributed by atoms with Gasteiger partial charge in [0, 0.05) is 93.5 Å². The number of carboxylic acids is 1. The van der Waals surface area contributed by atoms with Gasteiger partial charge in [0.1, 0.15) is 24.1 Å². The number of allylic oxidation sites excluding steroid dienone is 4.